The normalized spacial score (nSPS) is 18.4. The van der Waals surface area contributed by atoms with Crippen molar-refractivity contribution in [2.45, 2.75) is 31.9 Å². The second-order valence-corrected chi connectivity index (χ2v) is 6.10. The highest BCUT2D eigenvalue weighted by Crippen LogP contribution is 2.37. The Hall–Kier alpha value is -1.40. The van der Waals surface area contributed by atoms with Crippen LogP contribution in [-0.4, -0.2) is 26.9 Å². The van der Waals surface area contributed by atoms with Crippen molar-refractivity contribution in [1.82, 2.24) is 14.8 Å². The standard InChI is InChI=1S/C13H18N4OS/c1-16(7-9-6-14-17(2)8-9)13-15-10-4-3-5-11(18)12(10)19-13/h6,8,11,18H,3-5,7H2,1-2H3. The van der Waals surface area contributed by atoms with Gasteiger partial charge in [-0.15, -0.1) is 0 Å². The molecule has 0 spiro atoms. The zero-order valence-corrected chi connectivity index (χ0v) is 12.0. The van der Waals surface area contributed by atoms with Gasteiger partial charge in [-0.1, -0.05) is 11.3 Å². The van der Waals surface area contributed by atoms with Crippen LogP contribution in [0.25, 0.3) is 0 Å². The minimum absolute atomic E-state index is 0.318. The first-order valence-electron chi connectivity index (χ1n) is 6.50. The van der Waals surface area contributed by atoms with E-state index in [1.807, 2.05) is 26.5 Å². The molecule has 3 rings (SSSR count). The van der Waals surface area contributed by atoms with Crippen molar-refractivity contribution >= 4 is 16.5 Å². The summed E-state index contributed by atoms with van der Waals surface area (Å²) in [6.07, 6.45) is 6.45. The number of aryl methyl sites for hydroxylation is 2. The molecule has 1 N–H and O–H groups in total. The summed E-state index contributed by atoms with van der Waals surface area (Å²) in [5.74, 6) is 0. The summed E-state index contributed by atoms with van der Waals surface area (Å²) in [7, 11) is 3.95. The van der Waals surface area contributed by atoms with E-state index in [2.05, 4.69) is 15.0 Å². The molecule has 0 radical (unpaired) electrons. The van der Waals surface area contributed by atoms with Crippen LogP contribution in [0.1, 0.15) is 35.1 Å². The molecule has 1 atom stereocenters. The molecule has 2 aromatic rings. The molecule has 1 aliphatic carbocycles. The zero-order valence-electron chi connectivity index (χ0n) is 11.2. The summed E-state index contributed by atoms with van der Waals surface area (Å²) in [4.78, 5) is 7.83. The largest absolute Gasteiger partial charge is 0.388 e. The van der Waals surface area contributed by atoms with Crippen LogP contribution in [0, 0.1) is 0 Å². The Labute approximate surface area is 116 Å². The van der Waals surface area contributed by atoms with Gasteiger partial charge in [0.15, 0.2) is 5.13 Å². The number of aliphatic hydroxyl groups is 1. The van der Waals surface area contributed by atoms with Crippen molar-refractivity contribution in [3.63, 3.8) is 0 Å². The minimum Gasteiger partial charge on any atom is -0.388 e. The number of aliphatic hydroxyl groups excluding tert-OH is 1. The lowest BCUT2D eigenvalue weighted by Gasteiger charge is -2.14. The molecule has 2 heterocycles. The van der Waals surface area contributed by atoms with Crippen molar-refractivity contribution in [3.8, 4) is 0 Å². The molecule has 0 bridgehead atoms. The number of hydrogen-bond acceptors (Lipinski definition) is 5. The Morgan fingerprint density at radius 1 is 1.58 bits per heavy atom. The monoisotopic (exact) mass is 278 g/mol. The highest BCUT2D eigenvalue weighted by Gasteiger charge is 2.23. The SMILES string of the molecule is CN(Cc1cnn(C)c1)c1nc2c(s1)C(O)CCC2. The first kappa shape index (κ1) is 12.6. The highest BCUT2D eigenvalue weighted by molar-refractivity contribution is 7.15. The fourth-order valence-electron chi connectivity index (χ4n) is 2.44. The Bertz CT molecular complexity index is 577. The van der Waals surface area contributed by atoms with Crippen LogP contribution in [0.3, 0.4) is 0 Å². The van der Waals surface area contributed by atoms with Crippen LogP contribution >= 0.6 is 11.3 Å². The first-order valence-corrected chi connectivity index (χ1v) is 7.31. The van der Waals surface area contributed by atoms with E-state index in [1.165, 1.54) is 5.56 Å². The van der Waals surface area contributed by atoms with E-state index >= 15 is 0 Å². The first-order chi connectivity index (χ1) is 9.13. The molecule has 1 unspecified atom stereocenters. The maximum Gasteiger partial charge on any atom is 0.185 e. The molecule has 0 saturated heterocycles. The molecule has 0 aromatic carbocycles. The average molecular weight is 278 g/mol. The van der Waals surface area contributed by atoms with Gasteiger partial charge in [0.25, 0.3) is 0 Å². The van der Waals surface area contributed by atoms with Crippen molar-refractivity contribution in [2.24, 2.45) is 7.05 Å². The van der Waals surface area contributed by atoms with Crippen molar-refractivity contribution < 1.29 is 5.11 Å². The van der Waals surface area contributed by atoms with Crippen LogP contribution in [0.5, 0.6) is 0 Å². The van der Waals surface area contributed by atoms with Gasteiger partial charge in [0.1, 0.15) is 0 Å². The predicted molar refractivity (Wildman–Crippen MR) is 75.3 cm³/mol. The van der Waals surface area contributed by atoms with E-state index in [0.717, 1.165) is 41.5 Å². The Morgan fingerprint density at radius 2 is 2.42 bits per heavy atom. The minimum atomic E-state index is -0.318. The summed E-state index contributed by atoms with van der Waals surface area (Å²) >= 11 is 1.62. The van der Waals surface area contributed by atoms with Crippen molar-refractivity contribution in [2.75, 3.05) is 11.9 Å². The summed E-state index contributed by atoms with van der Waals surface area (Å²) in [6.45, 7) is 0.788. The quantitative estimate of drug-likeness (QED) is 0.931. The van der Waals surface area contributed by atoms with Gasteiger partial charge in [0, 0.05) is 32.4 Å². The molecule has 1 aliphatic rings. The molecule has 0 aliphatic heterocycles. The van der Waals surface area contributed by atoms with E-state index in [9.17, 15) is 5.11 Å². The van der Waals surface area contributed by atoms with Gasteiger partial charge in [0.05, 0.1) is 22.9 Å². The van der Waals surface area contributed by atoms with E-state index in [-0.39, 0.29) is 6.10 Å². The number of thiazole rings is 1. The predicted octanol–water partition coefficient (Wildman–Crippen LogP) is 1.88. The van der Waals surface area contributed by atoms with Gasteiger partial charge in [-0.2, -0.15) is 5.10 Å². The lowest BCUT2D eigenvalue weighted by molar-refractivity contribution is 0.160. The lowest BCUT2D eigenvalue weighted by atomic mass is 10.0. The van der Waals surface area contributed by atoms with Crippen molar-refractivity contribution in [1.29, 1.82) is 0 Å². The average Bonchev–Trinajstić information content (AvgIpc) is 2.96. The summed E-state index contributed by atoms with van der Waals surface area (Å²) < 4.78 is 1.81. The van der Waals surface area contributed by atoms with Crippen LogP contribution in [-0.2, 0) is 20.0 Å². The number of hydrogen-bond donors (Lipinski definition) is 1. The van der Waals surface area contributed by atoms with Crippen LogP contribution in [0.4, 0.5) is 5.13 Å². The number of nitrogens with zero attached hydrogens (tertiary/aromatic N) is 4. The molecule has 5 nitrogen and oxygen atoms in total. The molecular weight excluding hydrogens is 260 g/mol. The second kappa shape index (κ2) is 4.94. The third-order valence-corrected chi connectivity index (χ3v) is 4.73. The molecule has 0 amide bonds. The van der Waals surface area contributed by atoms with E-state index in [1.54, 1.807) is 16.0 Å². The molecule has 2 aromatic heterocycles. The number of rotatable bonds is 3. The summed E-state index contributed by atoms with van der Waals surface area (Å²) in [5, 5.41) is 15.1. The van der Waals surface area contributed by atoms with Gasteiger partial charge in [-0.05, 0) is 19.3 Å². The number of anilines is 1. The maximum absolute atomic E-state index is 9.99. The van der Waals surface area contributed by atoms with Gasteiger partial charge in [-0.3, -0.25) is 4.68 Å². The molecule has 102 valence electrons. The highest BCUT2D eigenvalue weighted by atomic mass is 32.1. The van der Waals surface area contributed by atoms with Gasteiger partial charge >= 0.3 is 0 Å². The molecule has 0 saturated carbocycles. The summed E-state index contributed by atoms with van der Waals surface area (Å²) in [5.41, 5.74) is 2.25. The molecular formula is C13H18N4OS. The Kier molecular flexibility index (Phi) is 3.28. The van der Waals surface area contributed by atoms with E-state index < -0.39 is 0 Å². The smallest absolute Gasteiger partial charge is 0.185 e. The summed E-state index contributed by atoms with van der Waals surface area (Å²) in [6, 6.07) is 0. The number of aromatic nitrogens is 3. The molecule has 6 heteroatoms. The van der Waals surface area contributed by atoms with Gasteiger partial charge < -0.3 is 10.0 Å². The van der Waals surface area contributed by atoms with Crippen molar-refractivity contribution in [3.05, 3.63) is 28.5 Å². The third-order valence-electron chi connectivity index (χ3n) is 3.41. The third kappa shape index (κ3) is 2.50. The fourth-order valence-corrected chi connectivity index (χ4v) is 3.53. The van der Waals surface area contributed by atoms with Gasteiger partial charge in [-0.25, -0.2) is 4.98 Å². The fraction of sp³-hybridized carbons (Fsp3) is 0.538. The van der Waals surface area contributed by atoms with Gasteiger partial charge in [0.2, 0.25) is 0 Å². The molecule has 0 fully saturated rings. The van der Waals surface area contributed by atoms with Crippen LogP contribution < -0.4 is 4.90 Å². The topological polar surface area (TPSA) is 54.2 Å². The Morgan fingerprint density at radius 3 is 3.11 bits per heavy atom. The lowest BCUT2D eigenvalue weighted by Crippen LogP contribution is -2.15. The molecule has 19 heavy (non-hydrogen) atoms. The zero-order chi connectivity index (χ0) is 13.4. The van der Waals surface area contributed by atoms with E-state index in [0.29, 0.717) is 0 Å². The Balaban J connectivity index is 1.78. The second-order valence-electron chi connectivity index (χ2n) is 5.09. The number of fused-ring (bicyclic) bond motifs is 1. The maximum atomic E-state index is 9.99. The van der Waals surface area contributed by atoms with Crippen LogP contribution in [0.2, 0.25) is 0 Å². The van der Waals surface area contributed by atoms with Crippen LogP contribution in [0.15, 0.2) is 12.4 Å². The van der Waals surface area contributed by atoms with E-state index in [4.69, 9.17) is 0 Å².